The molecular weight excluding hydrogens is 254 g/mol. The largest absolute Gasteiger partial charge is 0.307 e. The maximum atomic E-state index is 4.00. The zero-order chi connectivity index (χ0) is 15.0. The van der Waals surface area contributed by atoms with E-state index in [9.17, 15) is 0 Å². The molecule has 1 aromatic carbocycles. The highest BCUT2D eigenvalue weighted by Gasteiger charge is 2.34. The molecule has 1 saturated carbocycles. The normalized spacial score (nSPS) is 35.2. The van der Waals surface area contributed by atoms with E-state index in [1.165, 1.54) is 32.1 Å². The fraction of sp³-hybridized carbons (Fsp3) is 0.700. The lowest BCUT2D eigenvalue weighted by Crippen LogP contribution is -2.41. The summed E-state index contributed by atoms with van der Waals surface area (Å²) in [5.74, 6) is 1.77. The van der Waals surface area contributed by atoms with Crippen molar-refractivity contribution in [3.8, 4) is 0 Å². The van der Waals surface area contributed by atoms with E-state index in [-0.39, 0.29) is 0 Å². The minimum Gasteiger partial charge on any atom is -0.307 e. The first-order chi connectivity index (χ1) is 9.97. The van der Waals surface area contributed by atoms with Gasteiger partial charge in [0, 0.05) is 12.1 Å². The van der Waals surface area contributed by atoms with Crippen LogP contribution in [0.25, 0.3) is 0 Å². The van der Waals surface area contributed by atoms with Crippen molar-refractivity contribution in [2.45, 2.75) is 77.3 Å². The maximum absolute atomic E-state index is 4.00. The van der Waals surface area contributed by atoms with E-state index in [0.29, 0.717) is 11.5 Å². The monoisotopic (exact) mass is 285 g/mol. The predicted molar refractivity (Wildman–Crippen MR) is 90.5 cm³/mol. The standard InChI is InChI=1S/C20H31N/c1-14-9-10-16(13-15(14)2)21-19-11-12-20(3,4)18-8-6-5-7-17(18)19/h5-8,14-16,19,21H,9-13H2,1-4H3. The molecule has 1 heteroatoms. The smallest absolute Gasteiger partial charge is 0.0325 e. The van der Waals surface area contributed by atoms with E-state index >= 15 is 0 Å². The Morgan fingerprint density at radius 1 is 1.00 bits per heavy atom. The Labute approximate surface area is 130 Å². The number of nitrogens with one attached hydrogen (secondary N) is 1. The molecule has 4 unspecified atom stereocenters. The third-order valence-corrected chi connectivity index (χ3v) is 6.16. The van der Waals surface area contributed by atoms with E-state index in [4.69, 9.17) is 0 Å². The van der Waals surface area contributed by atoms with Gasteiger partial charge in [0.25, 0.3) is 0 Å². The number of rotatable bonds is 2. The van der Waals surface area contributed by atoms with Crippen molar-refractivity contribution >= 4 is 0 Å². The van der Waals surface area contributed by atoms with E-state index in [2.05, 4.69) is 57.3 Å². The van der Waals surface area contributed by atoms with Crippen LogP contribution in [0.2, 0.25) is 0 Å². The highest BCUT2D eigenvalue weighted by molar-refractivity contribution is 5.38. The summed E-state index contributed by atoms with van der Waals surface area (Å²) in [6.45, 7) is 9.63. The molecule has 21 heavy (non-hydrogen) atoms. The zero-order valence-electron chi connectivity index (χ0n) is 14.2. The summed E-state index contributed by atoms with van der Waals surface area (Å²) < 4.78 is 0. The first-order valence-corrected chi connectivity index (χ1v) is 8.83. The Morgan fingerprint density at radius 3 is 2.52 bits per heavy atom. The first kappa shape index (κ1) is 15.1. The molecule has 0 amide bonds. The van der Waals surface area contributed by atoms with E-state index in [1.54, 1.807) is 11.1 Å². The van der Waals surface area contributed by atoms with Crippen molar-refractivity contribution in [2.24, 2.45) is 11.8 Å². The molecule has 0 saturated heterocycles. The topological polar surface area (TPSA) is 12.0 Å². The Bertz CT molecular complexity index is 490. The van der Waals surface area contributed by atoms with Crippen LogP contribution in [0.3, 0.4) is 0 Å². The molecule has 1 aromatic rings. The number of hydrogen-bond donors (Lipinski definition) is 1. The summed E-state index contributed by atoms with van der Waals surface area (Å²) >= 11 is 0. The van der Waals surface area contributed by atoms with Crippen LogP contribution in [0.15, 0.2) is 24.3 Å². The Kier molecular flexibility index (Phi) is 4.14. The highest BCUT2D eigenvalue weighted by Crippen LogP contribution is 2.42. The molecule has 1 N–H and O–H groups in total. The SMILES string of the molecule is CC1CCC(NC2CCC(C)(C)c3ccccc32)CC1C. The van der Waals surface area contributed by atoms with Crippen molar-refractivity contribution in [1.29, 1.82) is 0 Å². The lowest BCUT2D eigenvalue weighted by molar-refractivity contribution is 0.206. The van der Waals surface area contributed by atoms with E-state index < -0.39 is 0 Å². The van der Waals surface area contributed by atoms with Crippen LogP contribution in [0.1, 0.15) is 77.0 Å². The summed E-state index contributed by atoms with van der Waals surface area (Å²) in [5.41, 5.74) is 3.45. The van der Waals surface area contributed by atoms with Gasteiger partial charge in [-0.25, -0.2) is 0 Å². The minimum atomic E-state index is 0.336. The van der Waals surface area contributed by atoms with E-state index in [0.717, 1.165) is 17.9 Å². The third-order valence-electron chi connectivity index (χ3n) is 6.16. The summed E-state index contributed by atoms with van der Waals surface area (Å²) in [6, 6.07) is 10.4. The van der Waals surface area contributed by atoms with Crippen molar-refractivity contribution in [3.05, 3.63) is 35.4 Å². The van der Waals surface area contributed by atoms with Gasteiger partial charge in [0.2, 0.25) is 0 Å². The van der Waals surface area contributed by atoms with Gasteiger partial charge >= 0.3 is 0 Å². The van der Waals surface area contributed by atoms with Crippen LogP contribution >= 0.6 is 0 Å². The van der Waals surface area contributed by atoms with Gasteiger partial charge in [0.15, 0.2) is 0 Å². The van der Waals surface area contributed by atoms with Gasteiger partial charge in [-0.3, -0.25) is 0 Å². The van der Waals surface area contributed by atoms with Gasteiger partial charge in [-0.2, -0.15) is 0 Å². The molecule has 3 rings (SSSR count). The maximum Gasteiger partial charge on any atom is 0.0325 e. The summed E-state index contributed by atoms with van der Waals surface area (Å²) in [5, 5.41) is 4.00. The lowest BCUT2D eigenvalue weighted by atomic mass is 9.70. The number of hydrogen-bond acceptors (Lipinski definition) is 1. The average Bonchev–Trinajstić information content (AvgIpc) is 2.46. The van der Waals surface area contributed by atoms with Crippen molar-refractivity contribution < 1.29 is 0 Å². The summed E-state index contributed by atoms with van der Waals surface area (Å²) in [7, 11) is 0. The molecular formula is C20H31N. The Balaban J connectivity index is 1.75. The molecule has 116 valence electrons. The van der Waals surface area contributed by atoms with E-state index in [1.807, 2.05) is 0 Å². The third kappa shape index (κ3) is 3.04. The van der Waals surface area contributed by atoms with Crippen molar-refractivity contribution in [3.63, 3.8) is 0 Å². The highest BCUT2D eigenvalue weighted by atomic mass is 15.0. The summed E-state index contributed by atoms with van der Waals surface area (Å²) in [4.78, 5) is 0. The second-order valence-corrected chi connectivity index (χ2v) is 8.19. The van der Waals surface area contributed by atoms with Crippen molar-refractivity contribution in [2.75, 3.05) is 0 Å². The molecule has 4 atom stereocenters. The second kappa shape index (κ2) is 5.76. The molecule has 0 spiro atoms. The second-order valence-electron chi connectivity index (χ2n) is 8.19. The number of fused-ring (bicyclic) bond motifs is 1. The van der Waals surface area contributed by atoms with Gasteiger partial charge in [0.05, 0.1) is 0 Å². The van der Waals surface area contributed by atoms with Crippen LogP contribution in [-0.4, -0.2) is 6.04 Å². The zero-order valence-corrected chi connectivity index (χ0v) is 14.2. The van der Waals surface area contributed by atoms with Gasteiger partial charge in [-0.15, -0.1) is 0 Å². The van der Waals surface area contributed by atoms with Crippen molar-refractivity contribution in [1.82, 2.24) is 5.32 Å². The van der Waals surface area contributed by atoms with Gasteiger partial charge in [-0.05, 0) is 60.5 Å². The van der Waals surface area contributed by atoms with Crippen LogP contribution in [0.5, 0.6) is 0 Å². The van der Waals surface area contributed by atoms with Crippen LogP contribution in [0, 0.1) is 11.8 Å². The lowest BCUT2D eigenvalue weighted by Gasteiger charge is -2.41. The van der Waals surface area contributed by atoms with Crippen LogP contribution in [-0.2, 0) is 5.41 Å². The molecule has 1 fully saturated rings. The Morgan fingerprint density at radius 2 is 1.76 bits per heavy atom. The fourth-order valence-electron chi connectivity index (χ4n) is 4.37. The minimum absolute atomic E-state index is 0.336. The quantitative estimate of drug-likeness (QED) is 0.786. The molecule has 0 heterocycles. The molecule has 0 aliphatic heterocycles. The fourth-order valence-corrected chi connectivity index (χ4v) is 4.37. The predicted octanol–water partition coefficient (Wildman–Crippen LogP) is 5.21. The molecule has 1 nitrogen and oxygen atoms in total. The molecule has 2 aliphatic rings. The molecule has 0 aromatic heterocycles. The van der Waals surface area contributed by atoms with Gasteiger partial charge in [0.1, 0.15) is 0 Å². The Hall–Kier alpha value is -0.820. The summed E-state index contributed by atoms with van der Waals surface area (Å²) in [6.07, 6.45) is 6.67. The average molecular weight is 285 g/mol. The van der Waals surface area contributed by atoms with Gasteiger partial charge in [-0.1, -0.05) is 52.0 Å². The number of benzene rings is 1. The van der Waals surface area contributed by atoms with Crippen LogP contribution < -0.4 is 5.32 Å². The van der Waals surface area contributed by atoms with Gasteiger partial charge < -0.3 is 5.32 Å². The first-order valence-electron chi connectivity index (χ1n) is 8.83. The van der Waals surface area contributed by atoms with Crippen LogP contribution in [0.4, 0.5) is 0 Å². The molecule has 2 aliphatic carbocycles. The molecule has 0 bridgehead atoms. The molecule has 0 radical (unpaired) electrons.